The Morgan fingerprint density at radius 3 is 1.94 bits per heavy atom. The number of rotatable bonds is 11. The van der Waals surface area contributed by atoms with E-state index in [2.05, 4.69) is 6.92 Å². The van der Waals surface area contributed by atoms with Gasteiger partial charge in [0.1, 0.15) is 5.78 Å². The van der Waals surface area contributed by atoms with E-state index in [1.165, 1.54) is 25.7 Å². The van der Waals surface area contributed by atoms with Gasteiger partial charge in [-0.1, -0.05) is 45.4 Å². The number of unbranched alkanes of at least 4 members (excludes halogenated alkanes) is 6. The molecule has 0 aliphatic heterocycles. The van der Waals surface area contributed by atoms with Gasteiger partial charge in [0.2, 0.25) is 0 Å². The standard InChI is InChI=1S/C12H24O4S.Na.H/c1-2-3-4-5-6-7-8-9-12(13)10-11-17(14,15)16;;/h2-11H2,1H3,(H,14,15,16);;. The minimum absolute atomic E-state index is 0. The van der Waals surface area contributed by atoms with Gasteiger partial charge in [-0.15, -0.1) is 0 Å². The monoisotopic (exact) mass is 288 g/mol. The summed E-state index contributed by atoms with van der Waals surface area (Å²) >= 11 is 0. The van der Waals surface area contributed by atoms with Gasteiger partial charge in [0.05, 0.1) is 5.75 Å². The van der Waals surface area contributed by atoms with Gasteiger partial charge in [0, 0.05) is 12.8 Å². The summed E-state index contributed by atoms with van der Waals surface area (Å²) in [5, 5.41) is 0. The normalized spacial score (nSPS) is 11.0. The van der Waals surface area contributed by atoms with Crippen LogP contribution >= 0.6 is 0 Å². The van der Waals surface area contributed by atoms with Crippen molar-refractivity contribution in [2.75, 3.05) is 5.75 Å². The number of carbonyl (C=O) groups is 1. The van der Waals surface area contributed by atoms with Gasteiger partial charge in [-0.3, -0.25) is 9.35 Å². The molecule has 0 aliphatic carbocycles. The molecule has 1 N–H and O–H groups in total. The maximum atomic E-state index is 11.2. The first-order valence-electron chi connectivity index (χ1n) is 6.42. The molecule has 0 saturated heterocycles. The minimum atomic E-state index is -3.99. The van der Waals surface area contributed by atoms with E-state index >= 15 is 0 Å². The van der Waals surface area contributed by atoms with Crippen LogP contribution in [-0.4, -0.2) is 54.1 Å². The first-order chi connectivity index (χ1) is 7.95. The Hall–Kier alpha value is 0.580. The van der Waals surface area contributed by atoms with Crippen molar-refractivity contribution in [3.63, 3.8) is 0 Å². The first-order valence-corrected chi connectivity index (χ1v) is 8.03. The second-order valence-electron chi connectivity index (χ2n) is 4.45. The fourth-order valence-electron chi connectivity index (χ4n) is 1.65. The molecular formula is C12H25NaO4S. The third-order valence-corrected chi connectivity index (χ3v) is 3.42. The van der Waals surface area contributed by atoms with E-state index in [1.807, 2.05) is 0 Å². The SMILES string of the molecule is CCCCCCCCCC(=O)CCS(=O)(=O)O.[NaH]. The Morgan fingerprint density at radius 1 is 0.944 bits per heavy atom. The fourth-order valence-corrected chi connectivity index (χ4v) is 2.13. The van der Waals surface area contributed by atoms with Gasteiger partial charge in [-0.25, -0.2) is 0 Å². The van der Waals surface area contributed by atoms with Crippen LogP contribution in [-0.2, 0) is 14.9 Å². The number of hydrogen-bond donors (Lipinski definition) is 1. The van der Waals surface area contributed by atoms with Crippen molar-refractivity contribution in [2.24, 2.45) is 0 Å². The summed E-state index contributed by atoms with van der Waals surface area (Å²) in [5.74, 6) is -0.515. The zero-order chi connectivity index (χ0) is 13.1. The van der Waals surface area contributed by atoms with E-state index in [-0.39, 0.29) is 41.8 Å². The molecule has 0 aliphatic rings. The molecule has 0 aromatic rings. The summed E-state index contributed by atoms with van der Waals surface area (Å²) in [6.07, 6.45) is 8.35. The second kappa shape index (κ2) is 12.6. The van der Waals surface area contributed by atoms with E-state index in [0.29, 0.717) is 6.42 Å². The van der Waals surface area contributed by atoms with Gasteiger partial charge >= 0.3 is 29.6 Å². The van der Waals surface area contributed by atoms with E-state index in [4.69, 9.17) is 4.55 Å². The van der Waals surface area contributed by atoms with Gasteiger partial charge < -0.3 is 0 Å². The number of Topliss-reactive ketones (excluding diaryl/α,β-unsaturated/α-hetero) is 1. The average Bonchev–Trinajstić information content (AvgIpc) is 2.24. The number of hydrogen-bond acceptors (Lipinski definition) is 3. The molecule has 0 radical (unpaired) electrons. The summed E-state index contributed by atoms with van der Waals surface area (Å²) in [5.41, 5.74) is 0. The molecule has 0 saturated carbocycles. The summed E-state index contributed by atoms with van der Waals surface area (Å²) in [6, 6.07) is 0. The molecule has 0 amide bonds. The van der Waals surface area contributed by atoms with Gasteiger partial charge in [0.25, 0.3) is 10.1 Å². The summed E-state index contributed by atoms with van der Waals surface area (Å²) in [4.78, 5) is 11.2. The second-order valence-corrected chi connectivity index (χ2v) is 6.02. The zero-order valence-corrected chi connectivity index (χ0v) is 11.5. The topological polar surface area (TPSA) is 71.4 Å². The van der Waals surface area contributed by atoms with E-state index in [1.54, 1.807) is 0 Å². The summed E-state index contributed by atoms with van der Waals surface area (Å²) in [7, 11) is -3.99. The Balaban J connectivity index is 0. The predicted octanol–water partition coefficient (Wildman–Crippen LogP) is 2.33. The Morgan fingerprint density at radius 2 is 1.44 bits per heavy atom. The molecule has 4 nitrogen and oxygen atoms in total. The van der Waals surface area contributed by atoms with Crippen LogP contribution in [0.25, 0.3) is 0 Å². The van der Waals surface area contributed by atoms with E-state index in [0.717, 1.165) is 19.3 Å². The molecule has 0 aromatic heterocycles. The van der Waals surface area contributed by atoms with Crippen molar-refractivity contribution in [3.8, 4) is 0 Å². The molecule has 0 aromatic carbocycles. The Kier molecular flexibility index (Phi) is 14.6. The quantitative estimate of drug-likeness (QED) is 0.360. The zero-order valence-electron chi connectivity index (χ0n) is 10.7. The van der Waals surface area contributed by atoms with Crippen LogP contribution in [0.4, 0.5) is 0 Å². The molecule has 0 fully saturated rings. The molecule has 104 valence electrons. The Labute approximate surface area is 133 Å². The first kappa shape index (κ1) is 20.9. The molecule has 6 heteroatoms. The molecule has 0 heterocycles. The predicted molar refractivity (Wildman–Crippen MR) is 75.8 cm³/mol. The van der Waals surface area contributed by atoms with E-state index < -0.39 is 15.9 Å². The van der Waals surface area contributed by atoms with Crippen molar-refractivity contribution >= 4 is 45.5 Å². The average molecular weight is 288 g/mol. The molecule has 0 spiro atoms. The van der Waals surface area contributed by atoms with Crippen LogP contribution < -0.4 is 0 Å². The van der Waals surface area contributed by atoms with Crippen LogP contribution in [0.1, 0.15) is 64.7 Å². The Bertz CT molecular complexity index is 301. The van der Waals surface area contributed by atoms with Gasteiger partial charge in [-0.2, -0.15) is 8.42 Å². The van der Waals surface area contributed by atoms with Crippen molar-refractivity contribution in [2.45, 2.75) is 64.7 Å². The van der Waals surface area contributed by atoms with E-state index in [9.17, 15) is 13.2 Å². The molecule has 18 heavy (non-hydrogen) atoms. The van der Waals surface area contributed by atoms with Crippen molar-refractivity contribution < 1.29 is 17.8 Å². The maximum absolute atomic E-state index is 11.2. The van der Waals surface area contributed by atoms with Crippen LogP contribution in [0.2, 0.25) is 0 Å². The van der Waals surface area contributed by atoms with Gasteiger partial charge in [-0.05, 0) is 6.42 Å². The molecule has 0 atom stereocenters. The molecular weight excluding hydrogens is 263 g/mol. The summed E-state index contributed by atoms with van der Waals surface area (Å²) in [6.45, 7) is 2.17. The molecule has 0 unspecified atom stereocenters. The fraction of sp³-hybridized carbons (Fsp3) is 0.917. The van der Waals surface area contributed by atoms with Crippen LogP contribution in [0.15, 0.2) is 0 Å². The molecule has 0 bridgehead atoms. The van der Waals surface area contributed by atoms with Crippen LogP contribution in [0.5, 0.6) is 0 Å². The molecule has 0 rings (SSSR count). The number of ketones is 1. The van der Waals surface area contributed by atoms with Crippen LogP contribution in [0, 0.1) is 0 Å². The van der Waals surface area contributed by atoms with Crippen LogP contribution in [0.3, 0.4) is 0 Å². The van der Waals surface area contributed by atoms with Gasteiger partial charge in [0.15, 0.2) is 0 Å². The third-order valence-electron chi connectivity index (χ3n) is 2.70. The van der Waals surface area contributed by atoms with Crippen molar-refractivity contribution in [3.05, 3.63) is 0 Å². The van der Waals surface area contributed by atoms with Crippen molar-refractivity contribution in [1.29, 1.82) is 0 Å². The summed E-state index contributed by atoms with van der Waals surface area (Å²) < 4.78 is 29.3. The van der Waals surface area contributed by atoms with Crippen molar-refractivity contribution in [1.82, 2.24) is 0 Å². The third kappa shape index (κ3) is 16.6. The number of carbonyl (C=O) groups excluding carboxylic acids is 1.